The molecule has 0 bridgehead atoms. The second-order valence-electron chi connectivity index (χ2n) is 9.68. The maximum atomic E-state index is 13.7. The lowest BCUT2D eigenvalue weighted by atomic mass is 9.71. The van der Waals surface area contributed by atoms with E-state index >= 15 is 0 Å². The summed E-state index contributed by atoms with van der Waals surface area (Å²) in [5.74, 6) is 0.0486. The molecule has 3 aromatic rings. The van der Waals surface area contributed by atoms with Crippen molar-refractivity contribution in [2.24, 2.45) is 5.92 Å². The van der Waals surface area contributed by atoms with Crippen LogP contribution in [0.3, 0.4) is 0 Å². The molecule has 1 unspecified atom stereocenters. The Bertz CT molecular complexity index is 1410. The van der Waals surface area contributed by atoms with Crippen LogP contribution in [-0.2, 0) is 11.3 Å². The molecule has 0 aromatic heterocycles. The van der Waals surface area contributed by atoms with Crippen molar-refractivity contribution in [2.45, 2.75) is 37.9 Å². The summed E-state index contributed by atoms with van der Waals surface area (Å²) in [6.07, 6.45) is 1.22. The molecule has 2 heterocycles. The quantitative estimate of drug-likeness (QED) is 0.366. The molecule has 7 heteroatoms. The number of piperidine rings is 1. The minimum atomic E-state index is -0.788. The molecule has 7 nitrogen and oxygen atoms in total. The Kier molecular flexibility index (Phi) is 7.11. The Morgan fingerprint density at radius 2 is 1.79 bits per heavy atom. The number of fused-ring (bicyclic) bond motifs is 1. The van der Waals surface area contributed by atoms with Gasteiger partial charge < -0.3 is 14.4 Å². The van der Waals surface area contributed by atoms with Crippen LogP contribution in [0.2, 0.25) is 0 Å². The van der Waals surface area contributed by atoms with E-state index in [2.05, 4.69) is 10.9 Å². The molecule has 190 valence electrons. The molecule has 3 aromatic carbocycles. The van der Waals surface area contributed by atoms with Crippen molar-refractivity contribution in [2.75, 3.05) is 13.1 Å². The number of rotatable bonds is 5. The maximum absolute atomic E-state index is 13.7. The Hall–Kier alpha value is -4.62. The zero-order valence-corrected chi connectivity index (χ0v) is 20.9. The predicted molar refractivity (Wildman–Crippen MR) is 142 cm³/mol. The number of carbonyl (C=O) groups excluding carboxylic acids is 2. The minimum Gasteiger partial charge on any atom is -0.486 e. The zero-order chi connectivity index (χ0) is 26.5. The van der Waals surface area contributed by atoms with E-state index in [0.717, 1.165) is 16.7 Å². The van der Waals surface area contributed by atoms with Crippen molar-refractivity contribution in [3.8, 4) is 22.9 Å². The molecule has 1 spiro atoms. The lowest BCUT2D eigenvalue weighted by Gasteiger charge is -2.48. The SMILES string of the molecule is [C-]#[N+]c1ccc(-c2ccc3c(c2)OC2(CCN(C(=O)OCc4ccccc4)CC2)C(CCC#N)C3=O)cc1. The van der Waals surface area contributed by atoms with Crippen molar-refractivity contribution >= 4 is 17.6 Å². The Labute approximate surface area is 222 Å². The van der Waals surface area contributed by atoms with E-state index in [9.17, 15) is 14.9 Å². The van der Waals surface area contributed by atoms with E-state index in [4.69, 9.17) is 16.0 Å². The molecule has 0 aliphatic carbocycles. The van der Waals surface area contributed by atoms with E-state index in [1.54, 1.807) is 23.1 Å². The number of likely N-dealkylation sites (tertiary alicyclic amines) is 1. The topological polar surface area (TPSA) is 84.0 Å². The highest BCUT2D eigenvalue weighted by atomic mass is 16.6. The van der Waals surface area contributed by atoms with Gasteiger partial charge in [-0.15, -0.1) is 0 Å². The number of nitriles is 1. The van der Waals surface area contributed by atoms with Crippen LogP contribution in [0.5, 0.6) is 5.75 Å². The normalized spacial score (nSPS) is 17.6. The van der Waals surface area contributed by atoms with Crippen LogP contribution in [0, 0.1) is 23.8 Å². The van der Waals surface area contributed by atoms with Crippen LogP contribution in [0.15, 0.2) is 72.8 Å². The largest absolute Gasteiger partial charge is 0.486 e. The fourth-order valence-corrected chi connectivity index (χ4v) is 5.37. The number of ether oxygens (including phenoxy) is 2. The number of Topliss-reactive ketones (excluding diaryl/α,β-unsaturated/α-hetero) is 1. The maximum Gasteiger partial charge on any atom is 0.410 e. The molecule has 1 amide bonds. The summed E-state index contributed by atoms with van der Waals surface area (Å²) in [6, 6.07) is 24.5. The highest BCUT2D eigenvalue weighted by Gasteiger charge is 2.51. The average Bonchev–Trinajstić information content (AvgIpc) is 2.96. The van der Waals surface area contributed by atoms with Gasteiger partial charge in [0.15, 0.2) is 11.5 Å². The molecule has 2 aliphatic heterocycles. The summed E-state index contributed by atoms with van der Waals surface area (Å²) in [5, 5.41) is 9.24. The van der Waals surface area contributed by atoms with Gasteiger partial charge in [-0.2, -0.15) is 5.26 Å². The minimum absolute atomic E-state index is 0.0171. The molecule has 38 heavy (non-hydrogen) atoms. The summed E-state index contributed by atoms with van der Waals surface area (Å²) < 4.78 is 12.2. The highest BCUT2D eigenvalue weighted by Crippen LogP contribution is 2.46. The second-order valence-corrected chi connectivity index (χ2v) is 9.68. The fraction of sp³-hybridized carbons (Fsp3) is 0.290. The first-order valence-corrected chi connectivity index (χ1v) is 12.7. The van der Waals surface area contributed by atoms with E-state index in [1.165, 1.54) is 0 Å². The van der Waals surface area contributed by atoms with Crippen LogP contribution in [-0.4, -0.2) is 35.5 Å². The summed E-state index contributed by atoms with van der Waals surface area (Å²) in [6.45, 7) is 8.16. The molecule has 1 saturated heterocycles. The number of amides is 1. The fourth-order valence-electron chi connectivity index (χ4n) is 5.37. The molecule has 2 aliphatic rings. The van der Waals surface area contributed by atoms with Crippen molar-refractivity contribution < 1.29 is 19.1 Å². The number of ketones is 1. The van der Waals surface area contributed by atoms with Gasteiger partial charge in [0.1, 0.15) is 18.0 Å². The molecule has 0 saturated carbocycles. The van der Waals surface area contributed by atoms with E-state index < -0.39 is 11.5 Å². The van der Waals surface area contributed by atoms with E-state index in [-0.39, 0.29) is 24.9 Å². The van der Waals surface area contributed by atoms with Gasteiger partial charge in [0.25, 0.3) is 0 Å². The summed E-state index contributed by atoms with van der Waals surface area (Å²) in [5.41, 5.74) is 3.03. The molecular weight excluding hydrogens is 478 g/mol. The lowest BCUT2D eigenvalue weighted by molar-refractivity contribution is -0.0443. The van der Waals surface area contributed by atoms with Gasteiger partial charge in [-0.25, -0.2) is 9.64 Å². The first-order valence-electron chi connectivity index (χ1n) is 12.7. The van der Waals surface area contributed by atoms with Crippen molar-refractivity contribution in [1.82, 2.24) is 4.90 Å². The summed E-state index contributed by atoms with van der Waals surface area (Å²) >= 11 is 0. The third kappa shape index (κ3) is 4.96. The Balaban J connectivity index is 1.35. The molecule has 0 radical (unpaired) electrons. The van der Waals surface area contributed by atoms with Gasteiger partial charge in [0, 0.05) is 32.4 Å². The van der Waals surface area contributed by atoms with Crippen molar-refractivity contribution in [3.05, 3.63) is 95.3 Å². The highest BCUT2D eigenvalue weighted by molar-refractivity contribution is 6.02. The Morgan fingerprint density at radius 1 is 1.08 bits per heavy atom. The number of hydrogen-bond donors (Lipinski definition) is 0. The summed E-state index contributed by atoms with van der Waals surface area (Å²) in [4.78, 5) is 31.5. The first-order chi connectivity index (χ1) is 18.5. The van der Waals surface area contributed by atoms with Gasteiger partial charge in [0.2, 0.25) is 0 Å². The van der Waals surface area contributed by atoms with Crippen LogP contribution in [0.25, 0.3) is 16.0 Å². The third-order valence-corrected chi connectivity index (χ3v) is 7.46. The van der Waals surface area contributed by atoms with Gasteiger partial charge in [0.05, 0.1) is 24.1 Å². The van der Waals surface area contributed by atoms with Gasteiger partial charge in [-0.05, 0) is 35.2 Å². The standard InChI is InChI=1S/C31H27N3O4/c1-33-25-12-9-23(10-13-25)24-11-14-26-28(20-24)38-31(27(29(26)35)8-5-17-32)15-18-34(19-16-31)30(36)37-21-22-6-3-2-4-7-22/h2-4,6-7,9-14,20,27H,5,8,15-16,18-19,21H2. The lowest BCUT2D eigenvalue weighted by Crippen LogP contribution is -2.57. The summed E-state index contributed by atoms with van der Waals surface area (Å²) in [7, 11) is 0. The molecule has 1 fully saturated rings. The van der Waals surface area contributed by atoms with Gasteiger partial charge in [-0.1, -0.05) is 60.7 Å². The van der Waals surface area contributed by atoms with Crippen LogP contribution in [0.1, 0.15) is 41.6 Å². The number of carbonyl (C=O) groups is 2. The molecule has 5 rings (SSSR count). The third-order valence-electron chi connectivity index (χ3n) is 7.46. The molecule has 0 N–H and O–H groups in total. The smallest absolute Gasteiger partial charge is 0.410 e. The molecule has 1 atom stereocenters. The predicted octanol–water partition coefficient (Wildman–Crippen LogP) is 6.57. The average molecular weight is 506 g/mol. The van der Waals surface area contributed by atoms with E-state index in [0.29, 0.717) is 49.4 Å². The number of benzene rings is 3. The monoisotopic (exact) mass is 505 g/mol. The first kappa shape index (κ1) is 25.0. The molecular formula is C31H27N3O4. The van der Waals surface area contributed by atoms with Crippen LogP contribution < -0.4 is 4.74 Å². The van der Waals surface area contributed by atoms with Gasteiger partial charge >= 0.3 is 6.09 Å². The zero-order valence-electron chi connectivity index (χ0n) is 20.9. The number of nitrogens with zero attached hydrogens (tertiary/aromatic N) is 3. The van der Waals surface area contributed by atoms with Crippen molar-refractivity contribution in [3.63, 3.8) is 0 Å². The van der Waals surface area contributed by atoms with Crippen LogP contribution >= 0.6 is 0 Å². The van der Waals surface area contributed by atoms with Gasteiger partial charge in [-0.3, -0.25) is 4.79 Å². The van der Waals surface area contributed by atoms with Crippen molar-refractivity contribution in [1.29, 1.82) is 5.26 Å². The second kappa shape index (κ2) is 10.8. The Morgan fingerprint density at radius 3 is 2.47 bits per heavy atom. The van der Waals surface area contributed by atoms with E-state index in [1.807, 2.05) is 54.6 Å². The number of hydrogen-bond acceptors (Lipinski definition) is 5. The van der Waals surface area contributed by atoms with Crippen LogP contribution in [0.4, 0.5) is 10.5 Å².